The number of nitrogens with zero attached hydrogens (tertiary/aromatic N) is 1. The predicted molar refractivity (Wildman–Crippen MR) is 105 cm³/mol. The van der Waals surface area contributed by atoms with E-state index in [0.29, 0.717) is 30.2 Å². The van der Waals surface area contributed by atoms with E-state index in [-0.39, 0.29) is 12.6 Å². The summed E-state index contributed by atoms with van der Waals surface area (Å²) >= 11 is 0. The van der Waals surface area contributed by atoms with Crippen LogP contribution in [0.4, 0.5) is 5.69 Å². The van der Waals surface area contributed by atoms with Crippen molar-refractivity contribution in [2.24, 2.45) is 0 Å². The predicted octanol–water partition coefficient (Wildman–Crippen LogP) is 3.27. The number of anilines is 1. The van der Waals surface area contributed by atoms with Gasteiger partial charge in [0.2, 0.25) is 0 Å². The number of carbonyl (C=O) groups is 1. The number of rotatable bonds is 7. The first-order valence-electron chi connectivity index (χ1n) is 9.22. The zero-order valence-corrected chi connectivity index (χ0v) is 16.7. The van der Waals surface area contributed by atoms with Gasteiger partial charge in [0, 0.05) is 12.8 Å². The minimum atomic E-state index is -0.448. The molecule has 0 saturated carbocycles. The van der Waals surface area contributed by atoms with Crippen LogP contribution in [-0.2, 0) is 16.1 Å². The first-order chi connectivity index (χ1) is 13.5. The van der Waals surface area contributed by atoms with E-state index in [1.807, 2.05) is 26.0 Å². The molecule has 150 valence electrons. The lowest BCUT2D eigenvalue weighted by atomic mass is 10.1. The Morgan fingerprint density at radius 3 is 2.64 bits per heavy atom. The molecule has 1 aliphatic rings. The van der Waals surface area contributed by atoms with E-state index >= 15 is 0 Å². The Hall–Kier alpha value is -2.80. The van der Waals surface area contributed by atoms with Crippen molar-refractivity contribution < 1.29 is 23.7 Å². The van der Waals surface area contributed by atoms with Gasteiger partial charge in [-0.3, -0.25) is 4.98 Å². The SMILES string of the molecule is COC(=O)c1c(NC2CCOC2)ccnc1COc1c(C)cc(OC)cc1C. The highest BCUT2D eigenvalue weighted by molar-refractivity contribution is 5.96. The highest BCUT2D eigenvalue weighted by Crippen LogP contribution is 2.30. The number of benzene rings is 1. The molecule has 1 aromatic carbocycles. The van der Waals surface area contributed by atoms with E-state index in [1.165, 1.54) is 7.11 Å². The molecule has 1 atom stereocenters. The van der Waals surface area contributed by atoms with Gasteiger partial charge in [-0.2, -0.15) is 0 Å². The van der Waals surface area contributed by atoms with Crippen molar-refractivity contribution in [2.75, 3.05) is 32.8 Å². The van der Waals surface area contributed by atoms with Crippen LogP contribution in [0.2, 0.25) is 0 Å². The van der Waals surface area contributed by atoms with Crippen molar-refractivity contribution in [3.05, 3.63) is 46.8 Å². The Labute approximate surface area is 165 Å². The molecule has 1 fully saturated rings. The minimum absolute atomic E-state index is 0.148. The maximum absolute atomic E-state index is 12.5. The average molecular weight is 386 g/mol. The van der Waals surface area contributed by atoms with E-state index in [2.05, 4.69) is 10.3 Å². The number of ether oxygens (including phenoxy) is 4. The van der Waals surface area contributed by atoms with Gasteiger partial charge in [0.1, 0.15) is 23.7 Å². The summed E-state index contributed by atoms with van der Waals surface area (Å²) in [7, 11) is 3.00. The molecule has 0 bridgehead atoms. The molecule has 0 aliphatic carbocycles. The van der Waals surface area contributed by atoms with Crippen molar-refractivity contribution in [3.63, 3.8) is 0 Å². The topological polar surface area (TPSA) is 78.9 Å². The van der Waals surface area contributed by atoms with Gasteiger partial charge in [-0.15, -0.1) is 0 Å². The largest absolute Gasteiger partial charge is 0.497 e. The Kier molecular flexibility index (Phi) is 6.36. The summed E-state index contributed by atoms with van der Waals surface area (Å²) in [5.41, 5.74) is 3.49. The molecule has 7 heteroatoms. The fraction of sp³-hybridized carbons (Fsp3) is 0.429. The zero-order valence-electron chi connectivity index (χ0n) is 16.7. The van der Waals surface area contributed by atoms with Crippen LogP contribution in [0.15, 0.2) is 24.4 Å². The van der Waals surface area contributed by atoms with E-state index in [1.54, 1.807) is 19.4 Å². The Morgan fingerprint density at radius 2 is 2.04 bits per heavy atom. The highest BCUT2D eigenvalue weighted by Gasteiger charge is 2.23. The Balaban J connectivity index is 1.86. The molecule has 1 aliphatic heterocycles. The lowest BCUT2D eigenvalue weighted by molar-refractivity contribution is 0.0598. The standard InChI is InChI=1S/C21H26N2O5/c1-13-9-16(25-3)10-14(2)20(13)28-12-18-19(21(24)26-4)17(5-7-22-18)23-15-6-8-27-11-15/h5,7,9-10,15H,6,8,11-12H2,1-4H3,(H,22,23). The quantitative estimate of drug-likeness (QED) is 0.732. The summed E-state index contributed by atoms with van der Waals surface area (Å²) in [6.07, 6.45) is 2.55. The molecule has 1 aromatic heterocycles. The number of nitrogens with one attached hydrogen (secondary N) is 1. The molecule has 7 nitrogen and oxygen atoms in total. The third-order valence-electron chi connectivity index (χ3n) is 4.73. The van der Waals surface area contributed by atoms with Gasteiger partial charge < -0.3 is 24.3 Å². The second-order valence-corrected chi connectivity index (χ2v) is 6.76. The minimum Gasteiger partial charge on any atom is -0.497 e. The molecule has 2 heterocycles. The third-order valence-corrected chi connectivity index (χ3v) is 4.73. The summed E-state index contributed by atoms with van der Waals surface area (Å²) in [6, 6.07) is 5.76. The molecule has 0 radical (unpaired) electrons. The third kappa shape index (κ3) is 4.36. The van der Waals surface area contributed by atoms with Crippen molar-refractivity contribution in [3.8, 4) is 11.5 Å². The van der Waals surface area contributed by atoms with E-state index in [0.717, 1.165) is 29.0 Å². The van der Waals surface area contributed by atoms with Gasteiger partial charge in [0.15, 0.2) is 0 Å². The van der Waals surface area contributed by atoms with Crippen molar-refractivity contribution in [1.29, 1.82) is 0 Å². The summed E-state index contributed by atoms with van der Waals surface area (Å²) in [5.74, 6) is 1.08. The molecule has 3 rings (SSSR count). The first-order valence-corrected chi connectivity index (χ1v) is 9.22. The van der Waals surface area contributed by atoms with Crippen LogP contribution in [-0.4, -0.2) is 44.4 Å². The zero-order chi connectivity index (χ0) is 20.1. The number of aryl methyl sites for hydroxylation is 2. The molecule has 1 unspecified atom stereocenters. The lowest BCUT2D eigenvalue weighted by Crippen LogP contribution is -2.22. The molecule has 28 heavy (non-hydrogen) atoms. The van der Waals surface area contributed by atoms with Gasteiger partial charge >= 0.3 is 5.97 Å². The van der Waals surface area contributed by atoms with Crippen LogP contribution in [0.25, 0.3) is 0 Å². The van der Waals surface area contributed by atoms with Crippen molar-refractivity contribution >= 4 is 11.7 Å². The summed E-state index contributed by atoms with van der Waals surface area (Å²) < 4.78 is 21.7. The number of aromatic nitrogens is 1. The van der Waals surface area contributed by atoms with Crippen molar-refractivity contribution in [1.82, 2.24) is 4.98 Å². The van der Waals surface area contributed by atoms with Crippen LogP contribution in [0.1, 0.15) is 33.6 Å². The van der Waals surface area contributed by atoms with Crippen LogP contribution < -0.4 is 14.8 Å². The van der Waals surface area contributed by atoms with Crippen LogP contribution in [0, 0.1) is 13.8 Å². The van der Waals surface area contributed by atoms with E-state index < -0.39 is 5.97 Å². The van der Waals surface area contributed by atoms with Gasteiger partial charge in [-0.05, 0) is 49.6 Å². The number of methoxy groups -OCH3 is 2. The molecule has 0 spiro atoms. The second kappa shape index (κ2) is 8.93. The fourth-order valence-corrected chi connectivity index (χ4v) is 3.33. The normalized spacial score (nSPS) is 15.9. The summed E-state index contributed by atoms with van der Waals surface area (Å²) in [6.45, 7) is 5.38. The number of hydrogen-bond donors (Lipinski definition) is 1. The van der Waals surface area contributed by atoms with Crippen LogP contribution in [0.5, 0.6) is 11.5 Å². The van der Waals surface area contributed by atoms with Crippen LogP contribution in [0.3, 0.4) is 0 Å². The maximum Gasteiger partial charge on any atom is 0.341 e. The average Bonchev–Trinajstić information content (AvgIpc) is 3.19. The molecule has 1 saturated heterocycles. The summed E-state index contributed by atoms with van der Waals surface area (Å²) in [4.78, 5) is 16.8. The van der Waals surface area contributed by atoms with Gasteiger partial charge in [0.25, 0.3) is 0 Å². The lowest BCUT2D eigenvalue weighted by Gasteiger charge is -2.18. The number of pyridine rings is 1. The summed E-state index contributed by atoms with van der Waals surface area (Å²) in [5, 5.41) is 3.36. The maximum atomic E-state index is 12.5. The number of esters is 1. The monoisotopic (exact) mass is 386 g/mol. The molecule has 2 aromatic rings. The first kappa shape index (κ1) is 19.9. The second-order valence-electron chi connectivity index (χ2n) is 6.76. The van der Waals surface area contributed by atoms with Crippen LogP contribution >= 0.6 is 0 Å². The van der Waals surface area contributed by atoms with Gasteiger partial charge in [-0.25, -0.2) is 4.79 Å². The highest BCUT2D eigenvalue weighted by atomic mass is 16.5. The molecule has 0 amide bonds. The molecular weight excluding hydrogens is 360 g/mol. The Bertz CT molecular complexity index is 824. The van der Waals surface area contributed by atoms with Gasteiger partial charge in [-0.1, -0.05) is 0 Å². The van der Waals surface area contributed by atoms with E-state index in [9.17, 15) is 4.79 Å². The van der Waals surface area contributed by atoms with Crippen molar-refractivity contribution in [2.45, 2.75) is 32.9 Å². The smallest absolute Gasteiger partial charge is 0.341 e. The van der Waals surface area contributed by atoms with Gasteiger partial charge in [0.05, 0.1) is 38.2 Å². The fourth-order valence-electron chi connectivity index (χ4n) is 3.33. The van der Waals surface area contributed by atoms with E-state index in [4.69, 9.17) is 18.9 Å². The number of hydrogen-bond acceptors (Lipinski definition) is 7. The Morgan fingerprint density at radius 1 is 1.29 bits per heavy atom. The number of carbonyl (C=O) groups excluding carboxylic acids is 1. The molecular formula is C21H26N2O5. The molecule has 1 N–H and O–H groups in total.